The van der Waals surface area contributed by atoms with Gasteiger partial charge in [0, 0.05) is 19.6 Å². The summed E-state index contributed by atoms with van der Waals surface area (Å²) >= 11 is 0. The van der Waals surface area contributed by atoms with Gasteiger partial charge in [-0.05, 0) is 19.3 Å². The molecule has 3 N–H and O–H groups in total. The van der Waals surface area contributed by atoms with Crippen LogP contribution in [0.5, 0.6) is 0 Å². The highest BCUT2D eigenvalue weighted by Crippen LogP contribution is 2.00. The summed E-state index contributed by atoms with van der Waals surface area (Å²) in [6.07, 6.45) is 6.11. The lowest BCUT2D eigenvalue weighted by Gasteiger charge is -2.02. The van der Waals surface area contributed by atoms with E-state index in [4.69, 9.17) is 10.6 Å². The standard InChI is InChI=1S/C10H20N2O2/c1-2-3-8-14-9-6-4-5-7-10(13)12-11/h2H,1,3-9,11H2,(H,12,13). The van der Waals surface area contributed by atoms with Crippen molar-refractivity contribution < 1.29 is 9.53 Å². The van der Waals surface area contributed by atoms with Crippen LogP contribution in [0, 0.1) is 0 Å². The number of nitrogens with one attached hydrogen (secondary N) is 1. The van der Waals surface area contributed by atoms with E-state index < -0.39 is 0 Å². The zero-order valence-corrected chi connectivity index (χ0v) is 8.63. The third-order valence-corrected chi connectivity index (χ3v) is 1.82. The molecular formula is C10H20N2O2. The van der Waals surface area contributed by atoms with Crippen molar-refractivity contribution >= 4 is 5.91 Å². The molecule has 0 atom stereocenters. The molecule has 14 heavy (non-hydrogen) atoms. The van der Waals surface area contributed by atoms with Crippen LogP contribution < -0.4 is 11.3 Å². The molecule has 0 heterocycles. The van der Waals surface area contributed by atoms with Crippen molar-refractivity contribution in [2.45, 2.75) is 32.1 Å². The van der Waals surface area contributed by atoms with Gasteiger partial charge in [-0.1, -0.05) is 12.5 Å². The molecule has 4 nitrogen and oxygen atoms in total. The predicted molar refractivity (Wildman–Crippen MR) is 56.4 cm³/mol. The number of amides is 1. The monoisotopic (exact) mass is 200 g/mol. The van der Waals surface area contributed by atoms with Gasteiger partial charge in [-0.25, -0.2) is 5.84 Å². The molecule has 0 fully saturated rings. The van der Waals surface area contributed by atoms with E-state index in [1.54, 1.807) is 0 Å². The zero-order chi connectivity index (χ0) is 10.6. The Bertz CT molecular complexity index is 160. The van der Waals surface area contributed by atoms with Crippen molar-refractivity contribution in [1.82, 2.24) is 5.43 Å². The van der Waals surface area contributed by atoms with Gasteiger partial charge in [-0.3, -0.25) is 10.2 Å². The van der Waals surface area contributed by atoms with E-state index in [1.165, 1.54) is 0 Å². The van der Waals surface area contributed by atoms with Gasteiger partial charge in [0.1, 0.15) is 0 Å². The van der Waals surface area contributed by atoms with Gasteiger partial charge in [0.25, 0.3) is 0 Å². The van der Waals surface area contributed by atoms with E-state index in [0.717, 1.165) is 38.9 Å². The van der Waals surface area contributed by atoms with Crippen LogP contribution in [0.2, 0.25) is 0 Å². The lowest BCUT2D eigenvalue weighted by atomic mass is 10.2. The second-order valence-electron chi connectivity index (χ2n) is 3.07. The predicted octanol–water partition coefficient (Wildman–Crippen LogP) is 1.13. The summed E-state index contributed by atoms with van der Waals surface area (Å²) in [5.74, 6) is 4.83. The summed E-state index contributed by atoms with van der Waals surface area (Å²) in [5, 5.41) is 0. The molecule has 0 aliphatic carbocycles. The molecule has 1 amide bonds. The number of hydrogen-bond acceptors (Lipinski definition) is 3. The molecule has 0 aromatic rings. The Morgan fingerprint density at radius 3 is 2.79 bits per heavy atom. The second-order valence-corrected chi connectivity index (χ2v) is 3.07. The summed E-state index contributed by atoms with van der Waals surface area (Å²) in [6.45, 7) is 5.11. The molecule has 0 aliphatic rings. The van der Waals surface area contributed by atoms with Gasteiger partial charge >= 0.3 is 0 Å². The zero-order valence-electron chi connectivity index (χ0n) is 8.63. The summed E-state index contributed by atoms with van der Waals surface area (Å²) in [7, 11) is 0. The molecule has 0 aliphatic heterocycles. The first-order valence-corrected chi connectivity index (χ1v) is 4.99. The highest BCUT2D eigenvalue weighted by molar-refractivity contribution is 5.74. The van der Waals surface area contributed by atoms with Crippen LogP contribution >= 0.6 is 0 Å². The van der Waals surface area contributed by atoms with E-state index in [0.29, 0.717) is 6.42 Å². The second kappa shape index (κ2) is 10.2. The topological polar surface area (TPSA) is 64.3 Å². The van der Waals surface area contributed by atoms with Crippen LogP contribution in [0.1, 0.15) is 32.1 Å². The molecule has 4 heteroatoms. The smallest absolute Gasteiger partial charge is 0.233 e. The summed E-state index contributed by atoms with van der Waals surface area (Å²) in [5.41, 5.74) is 2.10. The number of carbonyl (C=O) groups is 1. The minimum absolute atomic E-state index is 0.0995. The fourth-order valence-electron chi connectivity index (χ4n) is 1.01. The normalized spacial score (nSPS) is 9.79. The third-order valence-electron chi connectivity index (χ3n) is 1.82. The minimum atomic E-state index is -0.0995. The molecule has 0 saturated heterocycles. The van der Waals surface area contributed by atoms with Crippen molar-refractivity contribution in [3.8, 4) is 0 Å². The number of hydrogen-bond donors (Lipinski definition) is 2. The number of hydrazine groups is 1. The van der Waals surface area contributed by atoms with Gasteiger partial charge in [0.05, 0.1) is 0 Å². The SMILES string of the molecule is C=CCCOCCCCCC(=O)NN. The number of rotatable bonds is 9. The van der Waals surface area contributed by atoms with Crippen molar-refractivity contribution in [3.63, 3.8) is 0 Å². The molecule has 82 valence electrons. The highest BCUT2D eigenvalue weighted by atomic mass is 16.5. The Labute approximate surface area is 85.5 Å². The fourth-order valence-corrected chi connectivity index (χ4v) is 1.01. The average molecular weight is 200 g/mol. The molecule has 0 unspecified atom stereocenters. The Balaban J connectivity index is 2.98. The molecule has 0 bridgehead atoms. The summed E-state index contributed by atoms with van der Waals surface area (Å²) in [4.78, 5) is 10.7. The van der Waals surface area contributed by atoms with E-state index in [1.807, 2.05) is 6.08 Å². The number of carbonyl (C=O) groups excluding carboxylic acids is 1. The van der Waals surface area contributed by atoms with Gasteiger partial charge in [0.15, 0.2) is 0 Å². The molecule has 0 rings (SSSR count). The Kier molecular flexibility index (Phi) is 9.58. The quantitative estimate of drug-likeness (QED) is 0.193. The van der Waals surface area contributed by atoms with Crippen LogP contribution in [-0.4, -0.2) is 19.1 Å². The summed E-state index contributed by atoms with van der Waals surface area (Å²) < 4.78 is 5.31. The van der Waals surface area contributed by atoms with Crippen LogP contribution in [0.15, 0.2) is 12.7 Å². The van der Waals surface area contributed by atoms with Crippen LogP contribution in [-0.2, 0) is 9.53 Å². The first-order chi connectivity index (χ1) is 6.81. The van der Waals surface area contributed by atoms with Gasteiger partial charge in [-0.15, -0.1) is 6.58 Å². The molecule has 0 spiro atoms. The van der Waals surface area contributed by atoms with E-state index in [9.17, 15) is 4.79 Å². The Morgan fingerprint density at radius 1 is 1.36 bits per heavy atom. The van der Waals surface area contributed by atoms with Crippen molar-refractivity contribution in [3.05, 3.63) is 12.7 Å². The maximum absolute atomic E-state index is 10.7. The first-order valence-electron chi connectivity index (χ1n) is 4.99. The lowest BCUT2D eigenvalue weighted by molar-refractivity contribution is -0.121. The van der Waals surface area contributed by atoms with Crippen LogP contribution in [0.25, 0.3) is 0 Å². The van der Waals surface area contributed by atoms with Crippen molar-refractivity contribution in [1.29, 1.82) is 0 Å². The van der Waals surface area contributed by atoms with Gasteiger partial charge < -0.3 is 4.74 Å². The number of nitrogens with two attached hydrogens (primary N) is 1. The molecule has 0 saturated carbocycles. The third kappa shape index (κ3) is 9.22. The lowest BCUT2D eigenvalue weighted by Crippen LogP contribution is -2.29. The van der Waals surface area contributed by atoms with E-state index in [2.05, 4.69) is 12.0 Å². The van der Waals surface area contributed by atoms with Crippen LogP contribution in [0.3, 0.4) is 0 Å². The fraction of sp³-hybridized carbons (Fsp3) is 0.700. The first kappa shape index (κ1) is 13.1. The largest absolute Gasteiger partial charge is 0.381 e. The Hall–Kier alpha value is -0.870. The van der Waals surface area contributed by atoms with E-state index >= 15 is 0 Å². The van der Waals surface area contributed by atoms with Gasteiger partial charge in [0.2, 0.25) is 5.91 Å². The molecule has 0 aromatic heterocycles. The maximum Gasteiger partial charge on any atom is 0.233 e. The van der Waals surface area contributed by atoms with Crippen molar-refractivity contribution in [2.75, 3.05) is 13.2 Å². The molecule has 0 aromatic carbocycles. The van der Waals surface area contributed by atoms with Crippen molar-refractivity contribution in [2.24, 2.45) is 5.84 Å². The highest BCUT2D eigenvalue weighted by Gasteiger charge is 1.97. The number of ether oxygens (including phenoxy) is 1. The van der Waals surface area contributed by atoms with Gasteiger partial charge in [-0.2, -0.15) is 0 Å². The molecular weight excluding hydrogens is 180 g/mol. The summed E-state index contributed by atoms with van der Waals surface area (Å²) in [6, 6.07) is 0. The average Bonchev–Trinajstić information content (AvgIpc) is 2.21. The van der Waals surface area contributed by atoms with E-state index in [-0.39, 0.29) is 5.91 Å². The Morgan fingerprint density at radius 2 is 2.14 bits per heavy atom. The number of unbranched alkanes of at least 4 members (excludes halogenated alkanes) is 2. The maximum atomic E-state index is 10.7. The van der Waals surface area contributed by atoms with Crippen LogP contribution in [0.4, 0.5) is 0 Å². The minimum Gasteiger partial charge on any atom is -0.381 e. The molecule has 0 radical (unpaired) electrons.